The Bertz CT molecular complexity index is 555. The van der Waals surface area contributed by atoms with Crippen molar-refractivity contribution in [3.63, 3.8) is 0 Å². The fraction of sp³-hybridized carbons (Fsp3) is 0.920. The van der Waals surface area contributed by atoms with E-state index in [0.717, 1.165) is 36.5 Å². The molecule has 0 heterocycles. The first-order valence-electron chi connectivity index (χ1n) is 12.3. The average molecular weight is 413 g/mol. The van der Waals surface area contributed by atoms with Gasteiger partial charge in [-0.2, -0.15) is 13.2 Å². The Kier molecular flexibility index (Phi) is 6.98. The highest BCUT2D eigenvalue weighted by atomic mass is 19.4. The van der Waals surface area contributed by atoms with Crippen molar-refractivity contribution in [1.82, 2.24) is 0 Å². The molecular formula is C25H39F3O. The van der Waals surface area contributed by atoms with Gasteiger partial charge in [0.1, 0.15) is 0 Å². The molecule has 3 saturated carbocycles. The Morgan fingerprint density at radius 2 is 1.52 bits per heavy atom. The van der Waals surface area contributed by atoms with Crippen LogP contribution < -0.4 is 0 Å². The van der Waals surface area contributed by atoms with Gasteiger partial charge in [-0.1, -0.05) is 50.2 Å². The zero-order valence-electron chi connectivity index (χ0n) is 17.8. The van der Waals surface area contributed by atoms with Crippen molar-refractivity contribution < 1.29 is 18.3 Å². The molecule has 3 fully saturated rings. The molecule has 0 aromatic carbocycles. The summed E-state index contributed by atoms with van der Waals surface area (Å²) in [7, 11) is 0. The first-order chi connectivity index (χ1) is 13.9. The molecule has 4 heteroatoms. The summed E-state index contributed by atoms with van der Waals surface area (Å²) < 4.78 is 38.9. The van der Waals surface area contributed by atoms with Crippen LogP contribution in [0.25, 0.3) is 0 Å². The molecule has 29 heavy (non-hydrogen) atoms. The molecule has 0 amide bonds. The molecule has 0 aromatic heterocycles. The van der Waals surface area contributed by atoms with Crippen molar-refractivity contribution in [1.29, 1.82) is 0 Å². The van der Waals surface area contributed by atoms with Gasteiger partial charge in [-0.05, 0) is 81.5 Å². The molecule has 166 valence electrons. The second-order valence-electron chi connectivity index (χ2n) is 10.7. The topological polar surface area (TPSA) is 20.2 Å². The predicted molar refractivity (Wildman–Crippen MR) is 110 cm³/mol. The molecule has 0 bridgehead atoms. The van der Waals surface area contributed by atoms with Crippen LogP contribution in [-0.2, 0) is 0 Å². The third-order valence-electron chi connectivity index (χ3n) is 8.94. The molecule has 4 aliphatic carbocycles. The molecule has 0 radical (unpaired) electrons. The summed E-state index contributed by atoms with van der Waals surface area (Å²) in [6.45, 7) is 0. The lowest BCUT2D eigenvalue weighted by Crippen LogP contribution is -2.37. The van der Waals surface area contributed by atoms with Gasteiger partial charge in [0.2, 0.25) is 0 Å². The zero-order chi connectivity index (χ0) is 20.4. The summed E-state index contributed by atoms with van der Waals surface area (Å²) in [5.41, 5.74) is 1.25. The largest absolute Gasteiger partial charge is 0.392 e. The fourth-order valence-electron chi connectivity index (χ4n) is 7.13. The number of aliphatic hydroxyl groups is 1. The van der Waals surface area contributed by atoms with E-state index in [1.807, 2.05) is 0 Å². The molecule has 1 N–H and O–H groups in total. The molecule has 1 nitrogen and oxygen atoms in total. The van der Waals surface area contributed by atoms with E-state index in [-0.39, 0.29) is 18.8 Å². The smallest absolute Gasteiger partial charge is 0.391 e. The molecular weight excluding hydrogens is 373 g/mol. The van der Waals surface area contributed by atoms with Crippen LogP contribution in [0.2, 0.25) is 0 Å². The molecule has 0 saturated heterocycles. The monoisotopic (exact) mass is 412 g/mol. The number of hydrogen-bond acceptors (Lipinski definition) is 1. The van der Waals surface area contributed by atoms with Crippen molar-refractivity contribution in [3.8, 4) is 0 Å². The minimum atomic E-state index is -4.16. The van der Waals surface area contributed by atoms with Crippen LogP contribution >= 0.6 is 0 Å². The van der Waals surface area contributed by atoms with Gasteiger partial charge >= 0.3 is 6.18 Å². The third-order valence-corrected chi connectivity index (χ3v) is 8.94. The van der Waals surface area contributed by atoms with Crippen LogP contribution in [0.15, 0.2) is 11.6 Å². The summed E-state index contributed by atoms with van der Waals surface area (Å²) in [6, 6.07) is 0. The van der Waals surface area contributed by atoms with Crippen LogP contribution in [0.1, 0.15) is 96.3 Å². The number of hydrogen-bond donors (Lipinski definition) is 1. The number of rotatable bonds is 4. The number of aliphatic hydroxyl groups excluding tert-OH is 1. The lowest BCUT2D eigenvalue weighted by molar-refractivity contribution is -0.192. The van der Waals surface area contributed by atoms with Crippen molar-refractivity contribution in [3.05, 3.63) is 11.6 Å². The maximum atomic E-state index is 13.0. The fourth-order valence-corrected chi connectivity index (χ4v) is 7.13. The van der Waals surface area contributed by atoms with E-state index < -0.39 is 18.2 Å². The lowest BCUT2D eigenvalue weighted by Gasteiger charge is -2.39. The minimum absolute atomic E-state index is 0.0308. The second kappa shape index (κ2) is 9.32. The summed E-state index contributed by atoms with van der Waals surface area (Å²) >= 11 is 0. The van der Waals surface area contributed by atoms with Gasteiger partial charge < -0.3 is 5.11 Å². The Labute approximate surface area is 174 Å². The van der Waals surface area contributed by atoms with E-state index in [0.29, 0.717) is 6.42 Å². The number of allylic oxidation sites excluding steroid dienone is 1. The highest BCUT2D eigenvalue weighted by Crippen LogP contribution is 2.46. The van der Waals surface area contributed by atoms with E-state index in [1.54, 1.807) is 0 Å². The zero-order valence-corrected chi connectivity index (χ0v) is 17.8. The lowest BCUT2D eigenvalue weighted by atomic mass is 9.67. The first kappa shape index (κ1) is 21.7. The maximum absolute atomic E-state index is 13.0. The maximum Gasteiger partial charge on any atom is 0.391 e. The highest BCUT2D eigenvalue weighted by molar-refractivity contribution is 5.14. The Morgan fingerprint density at radius 3 is 2.10 bits per heavy atom. The van der Waals surface area contributed by atoms with Crippen LogP contribution in [0.4, 0.5) is 13.2 Å². The summed E-state index contributed by atoms with van der Waals surface area (Å²) in [5, 5.41) is 10.4. The molecule has 4 atom stereocenters. The predicted octanol–water partition coefficient (Wildman–Crippen LogP) is 7.44. The molecule has 4 unspecified atom stereocenters. The molecule has 0 aromatic rings. The number of alkyl halides is 3. The van der Waals surface area contributed by atoms with Crippen LogP contribution in [0.5, 0.6) is 0 Å². The number of halogens is 3. The Balaban J connectivity index is 1.23. The van der Waals surface area contributed by atoms with E-state index in [4.69, 9.17) is 0 Å². The Hall–Kier alpha value is -0.510. The van der Waals surface area contributed by atoms with Crippen molar-refractivity contribution in [2.45, 2.75) is 109 Å². The van der Waals surface area contributed by atoms with Crippen LogP contribution in [-0.4, -0.2) is 17.4 Å². The first-order valence-corrected chi connectivity index (χ1v) is 12.3. The summed E-state index contributed by atoms with van der Waals surface area (Å²) in [5.74, 6) is 2.23. The normalized spacial score (nSPS) is 40.1. The van der Waals surface area contributed by atoms with Crippen molar-refractivity contribution >= 4 is 0 Å². The molecule has 4 aliphatic rings. The molecule has 4 rings (SSSR count). The quantitative estimate of drug-likeness (QED) is 0.476. The van der Waals surface area contributed by atoms with E-state index in [2.05, 4.69) is 6.08 Å². The van der Waals surface area contributed by atoms with Crippen LogP contribution in [0.3, 0.4) is 0 Å². The summed E-state index contributed by atoms with van der Waals surface area (Å²) in [4.78, 5) is 0. The highest BCUT2D eigenvalue weighted by Gasteiger charge is 2.45. The molecule has 0 aliphatic heterocycles. The van der Waals surface area contributed by atoms with Crippen molar-refractivity contribution in [2.75, 3.05) is 0 Å². The van der Waals surface area contributed by atoms with Crippen LogP contribution in [0, 0.1) is 35.5 Å². The van der Waals surface area contributed by atoms with Crippen molar-refractivity contribution in [2.24, 2.45) is 35.5 Å². The van der Waals surface area contributed by atoms with Gasteiger partial charge in [0.05, 0.1) is 12.0 Å². The van der Waals surface area contributed by atoms with Gasteiger partial charge in [-0.25, -0.2) is 0 Å². The van der Waals surface area contributed by atoms with E-state index in [9.17, 15) is 18.3 Å². The van der Waals surface area contributed by atoms with Gasteiger partial charge in [-0.3, -0.25) is 0 Å². The van der Waals surface area contributed by atoms with Gasteiger partial charge in [0, 0.05) is 5.92 Å². The van der Waals surface area contributed by atoms with Gasteiger partial charge in [0.15, 0.2) is 0 Å². The van der Waals surface area contributed by atoms with Gasteiger partial charge in [-0.15, -0.1) is 0 Å². The minimum Gasteiger partial charge on any atom is -0.392 e. The summed E-state index contributed by atoms with van der Waals surface area (Å²) in [6.07, 6.45) is 14.0. The molecule has 0 spiro atoms. The van der Waals surface area contributed by atoms with E-state index in [1.165, 1.54) is 69.8 Å². The average Bonchev–Trinajstić information content (AvgIpc) is 3.21. The Morgan fingerprint density at radius 1 is 0.828 bits per heavy atom. The van der Waals surface area contributed by atoms with E-state index >= 15 is 0 Å². The second-order valence-corrected chi connectivity index (χ2v) is 10.7. The van der Waals surface area contributed by atoms with Gasteiger partial charge in [0.25, 0.3) is 0 Å². The third kappa shape index (κ3) is 5.40. The SMILES string of the molecule is OC1CC(C(F)(F)F)CCC1C1=CCC(C2CCC(CC3CCCC3)CC2)CC1. The standard InChI is InChI=1S/C25H39F3O/c26-25(27,28)22-13-14-23(24(29)16-22)21-11-9-20(10-12-21)19-7-5-18(6-8-19)15-17-3-1-2-4-17/h11,17-20,22-24,29H,1-10,12-16H2.